The SMILES string of the molecule is Clc1ccc2c(NCCCNCCCCNCCCNc3ccnc4cc(Cl)ccc34)ccnc2c1. The predicted octanol–water partition coefficient (Wildman–Crippen LogP) is 6.35. The molecule has 4 aromatic rings. The topological polar surface area (TPSA) is 73.9 Å². The predicted molar refractivity (Wildman–Crippen MR) is 155 cm³/mol. The zero-order valence-corrected chi connectivity index (χ0v) is 22.0. The standard InChI is InChI=1S/C28H34Cl2N6/c29-21-5-7-23-25(9-17-35-27(23)19-21)33-15-3-13-31-11-1-2-12-32-14-4-16-34-26-10-18-36-28-20-22(30)6-8-24(26)28/h5-10,17-20,31-32H,1-4,11-16H2,(H,33,35)(H,34,36). The summed E-state index contributed by atoms with van der Waals surface area (Å²) < 4.78 is 0. The summed E-state index contributed by atoms with van der Waals surface area (Å²) in [5.41, 5.74) is 4.06. The van der Waals surface area contributed by atoms with Gasteiger partial charge in [-0.3, -0.25) is 9.97 Å². The van der Waals surface area contributed by atoms with E-state index in [1.165, 1.54) is 12.8 Å². The molecule has 0 aliphatic carbocycles. The number of nitrogens with one attached hydrogen (secondary N) is 4. The Balaban J connectivity index is 0.986. The lowest BCUT2D eigenvalue weighted by Crippen LogP contribution is -2.22. The van der Waals surface area contributed by atoms with Crippen LogP contribution in [-0.2, 0) is 0 Å². The summed E-state index contributed by atoms with van der Waals surface area (Å²) in [4.78, 5) is 8.78. The molecule has 2 heterocycles. The monoisotopic (exact) mass is 524 g/mol. The van der Waals surface area contributed by atoms with Gasteiger partial charge in [-0.25, -0.2) is 0 Å². The molecule has 0 fully saturated rings. The molecule has 36 heavy (non-hydrogen) atoms. The smallest absolute Gasteiger partial charge is 0.0737 e. The molecule has 2 aromatic carbocycles. The van der Waals surface area contributed by atoms with Gasteiger partial charge in [-0.2, -0.15) is 0 Å². The number of hydrogen-bond acceptors (Lipinski definition) is 6. The third-order valence-electron chi connectivity index (χ3n) is 6.06. The maximum Gasteiger partial charge on any atom is 0.0737 e. The van der Waals surface area contributed by atoms with Crippen molar-refractivity contribution in [2.24, 2.45) is 0 Å². The zero-order valence-electron chi connectivity index (χ0n) is 20.5. The maximum atomic E-state index is 6.07. The normalized spacial score (nSPS) is 11.3. The van der Waals surface area contributed by atoms with Crippen molar-refractivity contribution >= 4 is 56.4 Å². The minimum atomic E-state index is 0.713. The molecule has 0 saturated heterocycles. The lowest BCUT2D eigenvalue weighted by atomic mass is 10.2. The van der Waals surface area contributed by atoms with Gasteiger partial charge in [-0.05, 0) is 100 Å². The molecule has 4 rings (SSSR count). The van der Waals surface area contributed by atoms with Crippen molar-refractivity contribution in [1.82, 2.24) is 20.6 Å². The number of anilines is 2. The highest BCUT2D eigenvalue weighted by Crippen LogP contribution is 2.25. The number of pyridine rings is 2. The minimum absolute atomic E-state index is 0.713. The first-order valence-electron chi connectivity index (χ1n) is 12.7. The summed E-state index contributed by atoms with van der Waals surface area (Å²) in [5.74, 6) is 0. The summed E-state index contributed by atoms with van der Waals surface area (Å²) in [6, 6.07) is 15.7. The average molecular weight is 526 g/mol. The van der Waals surface area contributed by atoms with E-state index >= 15 is 0 Å². The Labute approximate surface area is 223 Å². The van der Waals surface area contributed by atoms with E-state index in [1.54, 1.807) is 0 Å². The number of halogens is 2. The second-order valence-electron chi connectivity index (χ2n) is 8.81. The molecule has 4 N–H and O–H groups in total. The third-order valence-corrected chi connectivity index (χ3v) is 6.53. The summed E-state index contributed by atoms with van der Waals surface area (Å²) >= 11 is 12.1. The summed E-state index contributed by atoms with van der Waals surface area (Å²) in [6.07, 6.45) is 8.15. The van der Waals surface area contributed by atoms with E-state index in [9.17, 15) is 0 Å². The van der Waals surface area contributed by atoms with Crippen LogP contribution in [0.15, 0.2) is 60.9 Å². The minimum Gasteiger partial charge on any atom is -0.384 e. The van der Waals surface area contributed by atoms with Crippen molar-refractivity contribution in [1.29, 1.82) is 0 Å². The van der Waals surface area contributed by atoms with Gasteiger partial charge in [0.2, 0.25) is 0 Å². The Morgan fingerprint density at radius 1 is 0.528 bits per heavy atom. The van der Waals surface area contributed by atoms with Crippen molar-refractivity contribution in [2.45, 2.75) is 25.7 Å². The van der Waals surface area contributed by atoms with E-state index in [2.05, 4.69) is 31.2 Å². The second kappa shape index (κ2) is 14.2. The fourth-order valence-corrected chi connectivity index (χ4v) is 4.51. The van der Waals surface area contributed by atoms with Crippen LogP contribution in [0.3, 0.4) is 0 Å². The highest BCUT2D eigenvalue weighted by atomic mass is 35.5. The number of nitrogens with zero attached hydrogens (tertiary/aromatic N) is 2. The summed E-state index contributed by atoms with van der Waals surface area (Å²) in [5, 5.41) is 17.8. The molecule has 0 aliphatic heterocycles. The second-order valence-corrected chi connectivity index (χ2v) is 9.68. The maximum absolute atomic E-state index is 6.07. The van der Waals surface area contributed by atoms with Crippen LogP contribution in [0.5, 0.6) is 0 Å². The van der Waals surface area contributed by atoms with Crippen LogP contribution in [0, 0.1) is 0 Å². The van der Waals surface area contributed by atoms with Gasteiger partial charge >= 0.3 is 0 Å². The molecule has 190 valence electrons. The molecule has 0 spiro atoms. The fourth-order valence-electron chi connectivity index (χ4n) is 4.17. The van der Waals surface area contributed by atoms with Gasteiger partial charge < -0.3 is 21.3 Å². The number of aromatic nitrogens is 2. The largest absolute Gasteiger partial charge is 0.384 e. The van der Waals surface area contributed by atoms with Crippen LogP contribution in [0.1, 0.15) is 25.7 Å². The Morgan fingerprint density at radius 3 is 1.44 bits per heavy atom. The Bertz CT molecular complexity index is 1150. The van der Waals surface area contributed by atoms with E-state index in [4.69, 9.17) is 23.2 Å². The molecule has 0 atom stereocenters. The molecule has 6 nitrogen and oxygen atoms in total. The highest BCUT2D eigenvalue weighted by molar-refractivity contribution is 6.31. The summed E-state index contributed by atoms with van der Waals surface area (Å²) in [6.45, 7) is 5.98. The fraction of sp³-hybridized carbons (Fsp3) is 0.357. The van der Waals surface area contributed by atoms with E-state index in [0.29, 0.717) is 10.0 Å². The van der Waals surface area contributed by atoms with Crippen molar-refractivity contribution in [3.05, 3.63) is 71.0 Å². The first kappa shape index (κ1) is 26.4. The Hall–Kier alpha value is -2.64. The molecule has 0 amide bonds. The molecule has 0 aliphatic rings. The van der Waals surface area contributed by atoms with Crippen LogP contribution in [0.2, 0.25) is 10.0 Å². The van der Waals surface area contributed by atoms with Gasteiger partial charge in [0.05, 0.1) is 11.0 Å². The van der Waals surface area contributed by atoms with Gasteiger partial charge in [0.25, 0.3) is 0 Å². The molecule has 0 bridgehead atoms. The molecule has 0 radical (unpaired) electrons. The number of rotatable bonds is 15. The van der Waals surface area contributed by atoms with Crippen molar-refractivity contribution in [2.75, 3.05) is 49.9 Å². The molecular formula is C28H34Cl2N6. The van der Waals surface area contributed by atoms with E-state index in [-0.39, 0.29) is 0 Å². The van der Waals surface area contributed by atoms with Crippen LogP contribution in [0.4, 0.5) is 11.4 Å². The molecule has 2 aromatic heterocycles. The van der Waals surface area contributed by atoms with Crippen molar-refractivity contribution in [3.63, 3.8) is 0 Å². The van der Waals surface area contributed by atoms with Gasteiger partial charge in [0, 0.05) is 57.7 Å². The number of hydrogen-bond donors (Lipinski definition) is 4. The number of fused-ring (bicyclic) bond motifs is 2. The van der Waals surface area contributed by atoms with Gasteiger partial charge in [-0.1, -0.05) is 23.2 Å². The Kier molecular flexibility index (Phi) is 10.4. The van der Waals surface area contributed by atoms with E-state index in [1.807, 2.05) is 60.9 Å². The van der Waals surface area contributed by atoms with E-state index in [0.717, 1.165) is 85.3 Å². The van der Waals surface area contributed by atoms with Crippen molar-refractivity contribution in [3.8, 4) is 0 Å². The lowest BCUT2D eigenvalue weighted by Gasteiger charge is -2.11. The Morgan fingerprint density at radius 2 is 0.972 bits per heavy atom. The first-order valence-corrected chi connectivity index (χ1v) is 13.4. The molecule has 0 unspecified atom stereocenters. The van der Waals surface area contributed by atoms with Gasteiger partial charge in [0.15, 0.2) is 0 Å². The van der Waals surface area contributed by atoms with Crippen molar-refractivity contribution < 1.29 is 0 Å². The third kappa shape index (κ3) is 7.93. The van der Waals surface area contributed by atoms with Gasteiger partial charge in [0.1, 0.15) is 0 Å². The quantitative estimate of drug-likeness (QED) is 0.136. The van der Waals surface area contributed by atoms with Crippen LogP contribution in [0.25, 0.3) is 21.8 Å². The molecular weight excluding hydrogens is 491 g/mol. The highest BCUT2D eigenvalue weighted by Gasteiger charge is 2.03. The van der Waals surface area contributed by atoms with Crippen LogP contribution < -0.4 is 21.3 Å². The summed E-state index contributed by atoms with van der Waals surface area (Å²) in [7, 11) is 0. The zero-order chi connectivity index (χ0) is 25.0. The molecule has 0 saturated carbocycles. The van der Waals surface area contributed by atoms with E-state index < -0.39 is 0 Å². The average Bonchev–Trinajstić information content (AvgIpc) is 2.88. The lowest BCUT2D eigenvalue weighted by molar-refractivity contribution is 0.573. The van der Waals surface area contributed by atoms with Crippen LogP contribution in [-0.4, -0.2) is 49.2 Å². The molecule has 8 heteroatoms. The number of unbranched alkanes of at least 4 members (excludes halogenated alkanes) is 1. The van der Waals surface area contributed by atoms with Crippen LogP contribution >= 0.6 is 23.2 Å². The number of benzene rings is 2. The van der Waals surface area contributed by atoms with Gasteiger partial charge in [-0.15, -0.1) is 0 Å². The first-order chi connectivity index (χ1) is 17.7.